The third-order valence-corrected chi connectivity index (χ3v) is 6.00. The second-order valence-electron chi connectivity index (χ2n) is 9.85. The van der Waals surface area contributed by atoms with Crippen LogP contribution in [0.2, 0.25) is 0 Å². The summed E-state index contributed by atoms with van der Waals surface area (Å²) in [6.07, 6.45) is -1.75. The molecule has 0 aromatic heterocycles. The molecule has 0 bridgehead atoms. The third kappa shape index (κ3) is 5.36. The molecule has 180 valence electrons. The standard InChI is InChI=1S/C26H36N2O5/c1-25(2,3)28(14-13-17-11-9-8-10-12-17)24(30)32-22-18-15-21(31-7)19(27-6)16-20(18)33-26(4,5)23(22)29/h8-12,15-16,22-23,27,29H,13-14H2,1-7H3/t22-,23+/m0/s1. The van der Waals surface area contributed by atoms with Crippen molar-refractivity contribution in [1.82, 2.24) is 4.90 Å². The fourth-order valence-corrected chi connectivity index (χ4v) is 4.02. The van der Waals surface area contributed by atoms with Crippen LogP contribution in [-0.2, 0) is 11.2 Å². The summed E-state index contributed by atoms with van der Waals surface area (Å²) >= 11 is 0. The Labute approximate surface area is 196 Å². The molecule has 2 atom stereocenters. The number of nitrogens with zero attached hydrogens (tertiary/aromatic N) is 1. The first-order valence-electron chi connectivity index (χ1n) is 11.3. The van der Waals surface area contributed by atoms with Crippen LogP contribution in [0.25, 0.3) is 0 Å². The molecule has 0 saturated carbocycles. The molecular weight excluding hydrogens is 420 g/mol. The highest BCUT2D eigenvalue weighted by Gasteiger charge is 2.46. The molecule has 1 aliphatic rings. The van der Waals surface area contributed by atoms with Gasteiger partial charge in [0.1, 0.15) is 23.2 Å². The number of hydrogen-bond donors (Lipinski definition) is 2. The van der Waals surface area contributed by atoms with Crippen molar-refractivity contribution < 1.29 is 24.1 Å². The molecule has 2 aromatic carbocycles. The van der Waals surface area contributed by atoms with Gasteiger partial charge in [0.05, 0.1) is 12.8 Å². The summed E-state index contributed by atoms with van der Waals surface area (Å²) in [7, 11) is 3.36. The van der Waals surface area contributed by atoms with E-state index in [-0.39, 0.29) is 0 Å². The SMILES string of the molecule is CNc1cc2c(cc1OC)[C@H](OC(=O)N(CCc1ccccc1)C(C)(C)C)[C@@H](O)C(C)(C)O2. The second kappa shape index (κ2) is 9.51. The maximum Gasteiger partial charge on any atom is 0.410 e. The van der Waals surface area contributed by atoms with Crippen LogP contribution in [-0.4, -0.2) is 54.0 Å². The number of ether oxygens (including phenoxy) is 3. The van der Waals surface area contributed by atoms with E-state index in [1.165, 1.54) is 0 Å². The van der Waals surface area contributed by atoms with E-state index in [1.54, 1.807) is 45.0 Å². The first-order valence-corrected chi connectivity index (χ1v) is 11.3. The molecule has 1 amide bonds. The molecule has 1 heterocycles. The van der Waals surface area contributed by atoms with Gasteiger partial charge in [0.2, 0.25) is 0 Å². The van der Waals surface area contributed by atoms with E-state index < -0.39 is 29.4 Å². The van der Waals surface area contributed by atoms with Crippen LogP contribution in [0.5, 0.6) is 11.5 Å². The number of anilines is 1. The number of benzene rings is 2. The highest BCUT2D eigenvalue weighted by Crippen LogP contribution is 2.46. The lowest BCUT2D eigenvalue weighted by atomic mass is 9.88. The molecule has 0 spiro atoms. The number of methoxy groups -OCH3 is 1. The number of amides is 1. The van der Waals surface area contributed by atoms with Gasteiger partial charge in [-0.05, 0) is 52.7 Å². The monoisotopic (exact) mass is 456 g/mol. The summed E-state index contributed by atoms with van der Waals surface area (Å²) in [6, 6.07) is 13.6. The van der Waals surface area contributed by atoms with Crippen LogP contribution in [0, 0.1) is 0 Å². The van der Waals surface area contributed by atoms with E-state index in [0.29, 0.717) is 30.0 Å². The molecule has 1 aliphatic heterocycles. The minimum Gasteiger partial charge on any atom is -0.495 e. The molecular formula is C26H36N2O5. The average Bonchev–Trinajstić information content (AvgIpc) is 2.75. The van der Waals surface area contributed by atoms with Gasteiger partial charge in [-0.1, -0.05) is 30.3 Å². The molecule has 3 rings (SSSR count). The molecule has 7 heteroatoms. The third-order valence-electron chi connectivity index (χ3n) is 6.00. The van der Waals surface area contributed by atoms with E-state index in [2.05, 4.69) is 5.32 Å². The molecule has 0 radical (unpaired) electrons. The molecule has 2 N–H and O–H groups in total. The quantitative estimate of drug-likeness (QED) is 0.651. The molecule has 2 aromatic rings. The predicted molar refractivity (Wildman–Crippen MR) is 129 cm³/mol. The molecule has 33 heavy (non-hydrogen) atoms. The fourth-order valence-electron chi connectivity index (χ4n) is 4.02. The van der Waals surface area contributed by atoms with E-state index in [0.717, 1.165) is 11.3 Å². The van der Waals surface area contributed by atoms with E-state index in [1.807, 2.05) is 51.1 Å². The van der Waals surface area contributed by atoms with Gasteiger partial charge in [0.15, 0.2) is 6.10 Å². The van der Waals surface area contributed by atoms with Crippen molar-refractivity contribution in [2.45, 2.75) is 64.4 Å². The van der Waals surface area contributed by atoms with Crippen LogP contribution in [0.3, 0.4) is 0 Å². The molecule has 7 nitrogen and oxygen atoms in total. The van der Waals surface area contributed by atoms with Crippen molar-refractivity contribution in [1.29, 1.82) is 0 Å². The smallest absolute Gasteiger partial charge is 0.410 e. The number of hydrogen-bond acceptors (Lipinski definition) is 6. The Hall–Kier alpha value is -2.93. The van der Waals surface area contributed by atoms with Gasteiger partial charge in [-0.25, -0.2) is 4.79 Å². The number of fused-ring (bicyclic) bond motifs is 1. The van der Waals surface area contributed by atoms with E-state index >= 15 is 0 Å². The summed E-state index contributed by atoms with van der Waals surface area (Å²) in [5, 5.41) is 14.2. The summed E-state index contributed by atoms with van der Waals surface area (Å²) in [5.41, 5.74) is 1.04. The van der Waals surface area contributed by atoms with Gasteiger partial charge in [-0.3, -0.25) is 0 Å². The van der Waals surface area contributed by atoms with E-state index in [9.17, 15) is 9.90 Å². The highest BCUT2D eigenvalue weighted by atomic mass is 16.6. The summed E-state index contributed by atoms with van der Waals surface area (Å²) in [4.78, 5) is 15.1. The number of aliphatic hydroxyl groups excluding tert-OH is 1. The van der Waals surface area contributed by atoms with Gasteiger partial charge in [0, 0.05) is 30.8 Å². The van der Waals surface area contributed by atoms with Crippen molar-refractivity contribution in [3.63, 3.8) is 0 Å². The fraction of sp³-hybridized carbons (Fsp3) is 0.500. The van der Waals surface area contributed by atoms with Crippen molar-refractivity contribution >= 4 is 11.8 Å². The minimum absolute atomic E-state index is 0.464. The zero-order valence-electron chi connectivity index (χ0n) is 20.6. The van der Waals surface area contributed by atoms with Gasteiger partial charge >= 0.3 is 6.09 Å². The van der Waals surface area contributed by atoms with Gasteiger partial charge in [-0.2, -0.15) is 0 Å². The van der Waals surface area contributed by atoms with Crippen molar-refractivity contribution in [2.24, 2.45) is 0 Å². The Morgan fingerprint density at radius 2 is 1.88 bits per heavy atom. The maximum atomic E-state index is 13.4. The van der Waals surface area contributed by atoms with Crippen LogP contribution in [0.15, 0.2) is 42.5 Å². The van der Waals surface area contributed by atoms with E-state index in [4.69, 9.17) is 14.2 Å². The number of carbonyl (C=O) groups excluding carboxylic acids is 1. The molecule has 0 aliphatic carbocycles. The highest BCUT2D eigenvalue weighted by molar-refractivity contribution is 5.70. The zero-order valence-corrected chi connectivity index (χ0v) is 20.6. The Morgan fingerprint density at radius 1 is 1.21 bits per heavy atom. The molecule has 0 unspecified atom stereocenters. The Morgan fingerprint density at radius 3 is 2.45 bits per heavy atom. The lowest BCUT2D eigenvalue weighted by Gasteiger charge is -2.43. The average molecular weight is 457 g/mol. The Balaban J connectivity index is 1.91. The first-order chi connectivity index (χ1) is 15.5. The lowest BCUT2D eigenvalue weighted by molar-refractivity contribution is -0.119. The summed E-state index contributed by atoms with van der Waals surface area (Å²) in [6.45, 7) is 9.96. The van der Waals surface area contributed by atoms with Crippen molar-refractivity contribution in [2.75, 3.05) is 26.0 Å². The minimum atomic E-state index is -1.06. The zero-order chi connectivity index (χ0) is 24.4. The van der Waals surface area contributed by atoms with Crippen molar-refractivity contribution in [3.05, 3.63) is 53.6 Å². The van der Waals surface area contributed by atoms with Gasteiger partial charge in [-0.15, -0.1) is 0 Å². The summed E-state index contributed by atoms with van der Waals surface area (Å²) in [5.74, 6) is 1.12. The molecule has 0 fully saturated rings. The molecule has 0 saturated heterocycles. The van der Waals surface area contributed by atoms with Crippen LogP contribution in [0.4, 0.5) is 10.5 Å². The van der Waals surface area contributed by atoms with Crippen LogP contribution < -0.4 is 14.8 Å². The Bertz CT molecular complexity index is 969. The summed E-state index contributed by atoms with van der Waals surface area (Å²) < 4.78 is 17.5. The first kappa shape index (κ1) is 24.7. The number of rotatable bonds is 6. The Kier molecular flexibility index (Phi) is 7.12. The van der Waals surface area contributed by atoms with Gasteiger partial charge < -0.3 is 29.5 Å². The number of aliphatic hydroxyl groups is 1. The number of carbonyl (C=O) groups is 1. The van der Waals surface area contributed by atoms with Crippen LogP contribution >= 0.6 is 0 Å². The normalized spacial score (nSPS) is 19.2. The predicted octanol–water partition coefficient (Wildman–Crippen LogP) is 4.79. The maximum absolute atomic E-state index is 13.4. The number of nitrogens with one attached hydrogen (secondary N) is 1. The second-order valence-corrected chi connectivity index (χ2v) is 9.85. The lowest BCUT2D eigenvalue weighted by Crippen LogP contribution is -2.52. The van der Waals surface area contributed by atoms with Gasteiger partial charge in [0.25, 0.3) is 0 Å². The topological polar surface area (TPSA) is 80.3 Å². The van der Waals surface area contributed by atoms with Crippen LogP contribution in [0.1, 0.15) is 51.8 Å². The van der Waals surface area contributed by atoms with Crippen molar-refractivity contribution in [3.8, 4) is 11.5 Å². The largest absolute Gasteiger partial charge is 0.495 e.